The molecule has 0 aromatic carbocycles. The third-order valence-electron chi connectivity index (χ3n) is 3.70. The van der Waals surface area contributed by atoms with Crippen LogP contribution in [-0.2, 0) is 0 Å². The van der Waals surface area contributed by atoms with E-state index in [0.717, 1.165) is 23.6 Å². The van der Waals surface area contributed by atoms with E-state index in [1.807, 2.05) is 19.9 Å². The highest BCUT2D eigenvalue weighted by molar-refractivity contribution is 5.56. The van der Waals surface area contributed by atoms with Crippen LogP contribution in [0.5, 0.6) is 0 Å². The summed E-state index contributed by atoms with van der Waals surface area (Å²) in [6.45, 7) is 7.13. The molecule has 1 aliphatic rings. The molecule has 0 amide bonds. The largest absolute Gasteiger partial charge is 0.368 e. The molecule has 0 aliphatic heterocycles. The van der Waals surface area contributed by atoms with Gasteiger partial charge >= 0.3 is 0 Å². The van der Waals surface area contributed by atoms with Crippen molar-refractivity contribution in [1.82, 2.24) is 4.98 Å². The van der Waals surface area contributed by atoms with E-state index in [4.69, 9.17) is 5.26 Å². The van der Waals surface area contributed by atoms with Gasteiger partial charge in [-0.2, -0.15) is 5.26 Å². The fourth-order valence-corrected chi connectivity index (χ4v) is 2.36. The van der Waals surface area contributed by atoms with Crippen molar-refractivity contribution in [2.75, 3.05) is 11.9 Å². The maximum Gasteiger partial charge on any atom is 0.144 e. The Morgan fingerprint density at radius 3 is 2.71 bits per heavy atom. The number of hydrogen-bond donors (Lipinski definition) is 1. The van der Waals surface area contributed by atoms with Crippen molar-refractivity contribution >= 4 is 5.82 Å². The van der Waals surface area contributed by atoms with E-state index >= 15 is 0 Å². The summed E-state index contributed by atoms with van der Waals surface area (Å²) in [6, 6.07) is 4.19. The number of aryl methyl sites for hydroxylation is 2. The molecule has 3 heteroatoms. The minimum Gasteiger partial charge on any atom is -0.368 e. The highest BCUT2D eigenvalue weighted by Crippen LogP contribution is 2.40. The summed E-state index contributed by atoms with van der Waals surface area (Å²) in [5, 5.41) is 12.5. The molecule has 1 N–H and O–H groups in total. The molecule has 3 nitrogen and oxygen atoms in total. The molecule has 0 bridgehead atoms. The Labute approximate surface area is 103 Å². The maximum absolute atomic E-state index is 9.16. The number of aromatic nitrogens is 1. The average Bonchev–Trinajstić information content (AvgIpc) is 2.23. The zero-order valence-electron chi connectivity index (χ0n) is 10.8. The van der Waals surface area contributed by atoms with Crippen LogP contribution in [0.4, 0.5) is 5.82 Å². The van der Waals surface area contributed by atoms with Crippen molar-refractivity contribution in [1.29, 1.82) is 5.26 Å². The van der Waals surface area contributed by atoms with Crippen LogP contribution in [0.2, 0.25) is 0 Å². The summed E-state index contributed by atoms with van der Waals surface area (Å²) in [5.41, 5.74) is 3.04. The van der Waals surface area contributed by atoms with E-state index in [-0.39, 0.29) is 0 Å². The van der Waals surface area contributed by atoms with Crippen molar-refractivity contribution in [2.45, 2.75) is 40.0 Å². The molecule has 0 unspecified atom stereocenters. The van der Waals surface area contributed by atoms with Gasteiger partial charge in [0.25, 0.3) is 0 Å². The van der Waals surface area contributed by atoms with E-state index in [2.05, 4.69) is 23.3 Å². The predicted molar refractivity (Wildman–Crippen MR) is 68.9 cm³/mol. The van der Waals surface area contributed by atoms with Gasteiger partial charge in [-0.3, -0.25) is 0 Å². The summed E-state index contributed by atoms with van der Waals surface area (Å²) in [6.07, 6.45) is 3.86. The van der Waals surface area contributed by atoms with Crippen molar-refractivity contribution in [3.63, 3.8) is 0 Å². The predicted octanol–water partition coefficient (Wildman–Crippen LogP) is 3.17. The van der Waals surface area contributed by atoms with Crippen LogP contribution in [0.25, 0.3) is 0 Å². The molecule has 1 aliphatic carbocycles. The quantitative estimate of drug-likeness (QED) is 0.866. The first kappa shape index (κ1) is 11.9. The minimum absolute atomic E-state index is 0.395. The summed E-state index contributed by atoms with van der Waals surface area (Å²) < 4.78 is 0. The fourth-order valence-electron chi connectivity index (χ4n) is 2.36. The number of pyridine rings is 1. The molecular formula is C14H19N3. The summed E-state index contributed by atoms with van der Waals surface area (Å²) >= 11 is 0. The molecule has 0 atom stereocenters. The van der Waals surface area contributed by atoms with Gasteiger partial charge in [-0.15, -0.1) is 0 Å². The van der Waals surface area contributed by atoms with Gasteiger partial charge in [0, 0.05) is 12.2 Å². The Balaban J connectivity index is 2.17. The normalized spacial score (nSPS) is 17.1. The summed E-state index contributed by atoms with van der Waals surface area (Å²) in [5.74, 6) is 0.748. The monoisotopic (exact) mass is 229 g/mol. The Morgan fingerprint density at radius 2 is 2.18 bits per heavy atom. The Bertz CT molecular complexity index is 467. The van der Waals surface area contributed by atoms with Crippen molar-refractivity contribution in [3.05, 3.63) is 22.9 Å². The third-order valence-corrected chi connectivity index (χ3v) is 3.70. The second-order valence-corrected chi connectivity index (χ2v) is 5.43. The number of nitrogens with one attached hydrogen (secondary N) is 1. The van der Waals surface area contributed by atoms with E-state index < -0.39 is 0 Å². The molecule has 1 heterocycles. The van der Waals surface area contributed by atoms with Gasteiger partial charge in [-0.05, 0) is 43.7 Å². The number of anilines is 1. The first-order chi connectivity index (χ1) is 8.04. The van der Waals surface area contributed by atoms with Gasteiger partial charge in [0.1, 0.15) is 11.9 Å². The summed E-state index contributed by atoms with van der Waals surface area (Å²) in [4.78, 5) is 4.43. The van der Waals surface area contributed by atoms with E-state index in [9.17, 15) is 0 Å². The van der Waals surface area contributed by atoms with Crippen LogP contribution in [0.3, 0.4) is 0 Å². The molecule has 1 fully saturated rings. The Hall–Kier alpha value is -1.56. The van der Waals surface area contributed by atoms with E-state index in [1.54, 1.807) is 0 Å². The van der Waals surface area contributed by atoms with Crippen molar-refractivity contribution in [3.8, 4) is 6.07 Å². The molecule has 1 saturated carbocycles. The highest BCUT2D eigenvalue weighted by atomic mass is 15.0. The van der Waals surface area contributed by atoms with Gasteiger partial charge < -0.3 is 5.32 Å². The maximum atomic E-state index is 9.16. The number of nitriles is 1. The smallest absolute Gasteiger partial charge is 0.144 e. The van der Waals surface area contributed by atoms with Crippen LogP contribution in [0.15, 0.2) is 6.07 Å². The van der Waals surface area contributed by atoms with Gasteiger partial charge in [0.15, 0.2) is 0 Å². The molecule has 1 aromatic rings. The van der Waals surface area contributed by atoms with E-state index in [0.29, 0.717) is 11.0 Å². The standard InChI is InChI=1S/C14H19N3/c1-10-7-11(2)17-13(12(10)8-15)16-9-14(3)5-4-6-14/h7H,4-6,9H2,1-3H3,(H,16,17). The first-order valence-electron chi connectivity index (χ1n) is 6.16. The zero-order chi connectivity index (χ0) is 12.5. The lowest BCUT2D eigenvalue weighted by Crippen LogP contribution is -2.33. The van der Waals surface area contributed by atoms with Crippen LogP contribution in [0, 0.1) is 30.6 Å². The fraction of sp³-hybridized carbons (Fsp3) is 0.571. The molecule has 0 spiro atoms. The Kier molecular flexibility index (Phi) is 3.06. The molecular weight excluding hydrogens is 210 g/mol. The number of hydrogen-bond acceptors (Lipinski definition) is 3. The molecule has 1 aromatic heterocycles. The van der Waals surface area contributed by atoms with Gasteiger partial charge in [-0.25, -0.2) is 4.98 Å². The van der Waals surface area contributed by atoms with Crippen molar-refractivity contribution < 1.29 is 0 Å². The highest BCUT2D eigenvalue weighted by Gasteiger charge is 2.31. The molecule has 0 saturated heterocycles. The lowest BCUT2D eigenvalue weighted by atomic mass is 9.70. The van der Waals surface area contributed by atoms with Crippen molar-refractivity contribution in [2.24, 2.45) is 5.41 Å². The number of rotatable bonds is 3. The topological polar surface area (TPSA) is 48.7 Å². The van der Waals surface area contributed by atoms with Gasteiger partial charge in [0.05, 0.1) is 5.56 Å². The number of nitrogens with zero attached hydrogens (tertiary/aromatic N) is 2. The Morgan fingerprint density at radius 1 is 1.47 bits per heavy atom. The summed E-state index contributed by atoms with van der Waals surface area (Å²) in [7, 11) is 0. The molecule has 0 radical (unpaired) electrons. The average molecular weight is 229 g/mol. The molecule has 90 valence electrons. The molecule has 2 rings (SSSR count). The third kappa shape index (κ3) is 2.41. The SMILES string of the molecule is Cc1cc(C)c(C#N)c(NCC2(C)CCC2)n1. The lowest BCUT2D eigenvalue weighted by Gasteiger charge is -2.38. The zero-order valence-corrected chi connectivity index (χ0v) is 10.8. The minimum atomic E-state index is 0.395. The van der Waals surface area contributed by atoms with Gasteiger partial charge in [0.2, 0.25) is 0 Å². The van der Waals surface area contributed by atoms with Crippen LogP contribution >= 0.6 is 0 Å². The second kappa shape index (κ2) is 4.37. The molecule has 17 heavy (non-hydrogen) atoms. The lowest BCUT2D eigenvalue weighted by molar-refractivity contribution is 0.180. The van der Waals surface area contributed by atoms with Crippen LogP contribution in [0.1, 0.15) is 43.0 Å². The van der Waals surface area contributed by atoms with Crippen LogP contribution in [-0.4, -0.2) is 11.5 Å². The second-order valence-electron chi connectivity index (χ2n) is 5.43. The van der Waals surface area contributed by atoms with Crippen LogP contribution < -0.4 is 5.32 Å². The van der Waals surface area contributed by atoms with E-state index in [1.165, 1.54) is 19.3 Å². The van der Waals surface area contributed by atoms with Gasteiger partial charge in [-0.1, -0.05) is 13.3 Å². The first-order valence-corrected chi connectivity index (χ1v) is 6.16.